The van der Waals surface area contributed by atoms with Crippen LogP contribution in [0, 0.1) is 0 Å². The molecule has 1 heterocycles. The monoisotopic (exact) mass is 294 g/mol. The lowest BCUT2D eigenvalue weighted by molar-refractivity contribution is 0.101. The Morgan fingerprint density at radius 3 is 2.45 bits per heavy atom. The molecule has 0 aliphatic carbocycles. The van der Waals surface area contributed by atoms with Crippen molar-refractivity contribution in [3.63, 3.8) is 0 Å². The van der Waals surface area contributed by atoms with E-state index in [1.807, 2.05) is 24.3 Å². The molecule has 2 amide bonds. The van der Waals surface area contributed by atoms with Crippen LogP contribution in [0.3, 0.4) is 0 Å². The van der Waals surface area contributed by atoms with E-state index in [1.54, 1.807) is 24.3 Å². The van der Waals surface area contributed by atoms with Crippen LogP contribution < -0.4 is 10.6 Å². The second-order valence-electron chi connectivity index (χ2n) is 4.83. The highest BCUT2D eigenvalue weighted by Gasteiger charge is 2.09. The summed E-state index contributed by atoms with van der Waals surface area (Å²) in [5.74, 6) is 0.451. The van der Waals surface area contributed by atoms with Gasteiger partial charge in [-0.05, 0) is 43.3 Å². The molecule has 0 spiro atoms. The van der Waals surface area contributed by atoms with Crippen LogP contribution in [0.4, 0.5) is 16.3 Å². The fourth-order valence-electron chi connectivity index (χ4n) is 2.12. The Bertz CT molecular complexity index is 837. The van der Waals surface area contributed by atoms with E-state index >= 15 is 0 Å². The van der Waals surface area contributed by atoms with Crippen molar-refractivity contribution in [2.24, 2.45) is 0 Å². The molecule has 110 valence electrons. The molecule has 1 aromatic heterocycles. The molecule has 0 aliphatic rings. The molecule has 0 bridgehead atoms. The summed E-state index contributed by atoms with van der Waals surface area (Å²) < 4.78 is 0. The number of fused-ring (bicyclic) bond motifs is 1. The van der Waals surface area contributed by atoms with Gasteiger partial charge in [0.15, 0.2) is 11.6 Å². The molecular formula is C16H14N4O2. The highest BCUT2D eigenvalue weighted by atomic mass is 16.2. The van der Waals surface area contributed by atoms with E-state index in [0.717, 1.165) is 10.9 Å². The number of hydrogen-bond acceptors (Lipinski definition) is 3. The SMILES string of the molecule is CC(=O)c1ccc(NC(=O)Nc2n[nH]c3ccccc23)cc1. The molecule has 2 aromatic carbocycles. The summed E-state index contributed by atoms with van der Waals surface area (Å²) in [6.45, 7) is 1.50. The minimum atomic E-state index is -0.396. The van der Waals surface area contributed by atoms with Crippen molar-refractivity contribution in [1.82, 2.24) is 10.2 Å². The van der Waals surface area contributed by atoms with Gasteiger partial charge in [0.2, 0.25) is 0 Å². The number of amides is 2. The molecule has 6 heteroatoms. The minimum absolute atomic E-state index is 0.0148. The highest BCUT2D eigenvalue weighted by molar-refractivity contribution is 6.04. The fourth-order valence-corrected chi connectivity index (χ4v) is 2.12. The Hall–Kier alpha value is -3.15. The zero-order valence-corrected chi connectivity index (χ0v) is 11.9. The number of nitrogens with one attached hydrogen (secondary N) is 3. The summed E-state index contributed by atoms with van der Waals surface area (Å²) in [7, 11) is 0. The molecule has 0 saturated carbocycles. The highest BCUT2D eigenvalue weighted by Crippen LogP contribution is 2.19. The van der Waals surface area contributed by atoms with E-state index in [0.29, 0.717) is 17.1 Å². The van der Waals surface area contributed by atoms with Gasteiger partial charge in [-0.15, -0.1) is 0 Å². The predicted molar refractivity (Wildman–Crippen MR) is 85.2 cm³/mol. The average molecular weight is 294 g/mol. The average Bonchev–Trinajstić information content (AvgIpc) is 2.91. The third kappa shape index (κ3) is 2.80. The first kappa shape index (κ1) is 13.8. The van der Waals surface area contributed by atoms with Crippen LogP contribution in [-0.2, 0) is 0 Å². The Balaban J connectivity index is 1.71. The van der Waals surface area contributed by atoms with Crippen molar-refractivity contribution < 1.29 is 9.59 Å². The van der Waals surface area contributed by atoms with Gasteiger partial charge in [0.1, 0.15) is 0 Å². The van der Waals surface area contributed by atoms with Crippen molar-refractivity contribution >= 4 is 34.2 Å². The Labute approximate surface area is 126 Å². The third-order valence-corrected chi connectivity index (χ3v) is 3.25. The lowest BCUT2D eigenvalue weighted by Gasteiger charge is -2.06. The van der Waals surface area contributed by atoms with Crippen molar-refractivity contribution in [3.8, 4) is 0 Å². The van der Waals surface area contributed by atoms with E-state index in [9.17, 15) is 9.59 Å². The molecule has 3 rings (SSSR count). The van der Waals surface area contributed by atoms with Gasteiger partial charge in [0.25, 0.3) is 0 Å². The van der Waals surface area contributed by atoms with Crippen molar-refractivity contribution in [3.05, 3.63) is 54.1 Å². The van der Waals surface area contributed by atoms with Crippen molar-refractivity contribution in [1.29, 1.82) is 0 Å². The van der Waals surface area contributed by atoms with Gasteiger partial charge >= 0.3 is 6.03 Å². The summed E-state index contributed by atoms with van der Waals surface area (Å²) in [6.07, 6.45) is 0. The first-order valence-electron chi connectivity index (χ1n) is 6.75. The number of aromatic amines is 1. The zero-order valence-electron chi connectivity index (χ0n) is 11.9. The third-order valence-electron chi connectivity index (χ3n) is 3.25. The number of anilines is 2. The van der Waals surface area contributed by atoms with Gasteiger partial charge in [-0.3, -0.25) is 15.2 Å². The summed E-state index contributed by atoms with van der Waals surface area (Å²) in [5, 5.41) is 13.1. The van der Waals surface area contributed by atoms with Gasteiger partial charge in [-0.1, -0.05) is 12.1 Å². The van der Waals surface area contributed by atoms with Gasteiger partial charge in [-0.25, -0.2) is 4.79 Å². The van der Waals surface area contributed by atoms with E-state index in [-0.39, 0.29) is 5.78 Å². The molecule has 0 atom stereocenters. The molecule has 3 aromatic rings. The maximum Gasteiger partial charge on any atom is 0.324 e. The normalized spacial score (nSPS) is 10.4. The number of rotatable bonds is 3. The first-order chi connectivity index (χ1) is 10.6. The van der Waals surface area contributed by atoms with Crippen LogP contribution in [0.25, 0.3) is 10.9 Å². The number of carbonyl (C=O) groups excluding carboxylic acids is 2. The number of ketones is 1. The Kier molecular flexibility index (Phi) is 3.57. The lowest BCUT2D eigenvalue weighted by atomic mass is 10.1. The molecule has 6 nitrogen and oxygen atoms in total. The molecule has 0 saturated heterocycles. The molecule has 3 N–H and O–H groups in total. The van der Waals surface area contributed by atoms with Gasteiger partial charge in [-0.2, -0.15) is 5.10 Å². The Morgan fingerprint density at radius 2 is 1.73 bits per heavy atom. The van der Waals surface area contributed by atoms with Crippen LogP contribution in [0.5, 0.6) is 0 Å². The maximum absolute atomic E-state index is 12.0. The topological polar surface area (TPSA) is 86.9 Å². The summed E-state index contributed by atoms with van der Waals surface area (Å²) in [4.78, 5) is 23.2. The number of carbonyl (C=O) groups is 2. The van der Waals surface area contributed by atoms with Crippen LogP contribution in [0.1, 0.15) is 17.3 Å². The standard InChI is InChI=1S/C16H14N4O2/c1-10(21)11-6-8-12(9-7-11)17-16(22)18-15-13-4-2-3-5-14(13)19-20-15/h2-9H,1H3,(H3,17,18,19,20,22). The number of para-hydroxylation sites is 1. The molecule has 0 fully saturated rings. The van der Waals surface area contributed by atoms with E-state index < -0.39 is 6.03 Å². The fraction of sp³-hybridized carbons (Fsp3) is 0.0625. The number of urea groups is 1. The first-order valence-corrected chi connectivity index (χ1v) is 6.75. The number of H-pyrrole nitrogens is 1. The van der Waals surface area contributed by atoms with E-state index in [1.165, 1.54) is 6.92 Å². The number of aromatic nitrogens is 2. The van der Waals surface area contributed by atoms with Crippen LogP contribution >= 0.6 is 0 Å². The van der Waals surface area contributed by atoms with E-state index in [2.05, 4.69) is 20.8 Å². The van der Waals surface area contributed by atoms with Crippen molar-refractivity contribution in [2.75, 3.05) is 10.6 Å². The van der Waals surface area contributed by atoms with Crippen molar-refractivity contribution in [2.45, 2.75) is 6.92 Å². The lowest BCUT2D eigenvalue weighted by Crippen LogP contribution is -2.19. The summed E-state index contributed by atoms with van der Waals surface area (Å²) in [5.41, 5.74) is 2.05. The van der Waals surface area contributed by atoms with E-state index in [4.69, 9.17) is 0 Å². The molecule has 0 radical (unpaired) electrons. The largest absolute Gasteiger partial charge is 0.324 e. The van der Waals surface area contributed by atoms with Gasteiger partial charge in [0.05, 0.1) is 5.52 Å². The predicted octanol–water partition coefficient (Wildman–Crippen LogP) is 3.41. The molecule has 22 heavy (non-hydrogen) atoms. The second kappa shape index (κ2) is 5.69. The number of hydrogen-bond donors (Lipinski definition) is 3. The van der Waals surface area contributed by atoms with Crippen LogP contribution in [0.15, 0.2) is 48.5 Å². The van der Waals surface area contributed by atoms with Gasteiger partial charge < -0.3 is 5.32 Å². The summed E-state index contributed by atoms with van der Waals surface area (Å²) >= 11 is 0. The maximum atomic E-state index is 12.0. The van der Waals surface area contributed by atoms with Gasteiger partial charge in [0, 0.05) is 16.6 Å². The van der Waals surface area contributed by atoms with Crippen LogP contribution in [0.2, 0.25) is 0 Å². The Morgan fingerprint density at radius 1 is 1.00 bits per heavy atom. The molecule has 0 aliphatic heterocycles. The minimum Gasteiger partial charge on any atom is -0.308 e. The quantitative estimate of drug-likeness (QED) is 0.647. The van der Waals surface area contributed by atoms with Crippen LogP contribution in [-0.4, -0.2) is 22.0 Å². The zero-order chi connectivity index (χ0) is 15.5. The smallest absolute Gasteiger partial charge is 0.308 e. The molecule has 0 unspecified atom stereocenters. The molecular weight excluding hydrogens is 280 g/mol. The number of nitrogens with zero attached hydrogens (tertiary/aromatic N) is 1. The number of Topliss-reactive ketones (excluding diaryl/α,β-unsaturated/α-hetero) is 1. The second-order valence-corrected chi connectivity index (χ2v) is 4.83. The number of benzene rings is 2. The summed E-state index contributed by atoms with van der Waals surface area (Å²) in [6, 6.07) is 13.8.